The van der Waals surface area contributed by atoms with E-state index in [2.05, 4.69) is 0 Å². The van der Waals surface area contributed by atoms with Crippen LogP contribution in [0.1, 0.15) is 24.8 Å². The van der Waals surface area contributed by atoms with Crippen molar-refractivity contribution in [2.75, 3.05) is 5.73 Å². The standard InChI is InChI=1S/C12H13NO4/c1-6-8-3-2-7(13)4-10(8)17-12(16)9(6)5-11(14)15/h2-4,6,9H,5,13H2,1H3,(H,14,15). The molecule has 0 saturated heterocycles. The zero-order chi connectivity index (χ0) is 12.6. The van der Waals surface area contributed by atoms with Gasteiger partial charge in [-0.1, -0.05) is 13.0 Å². The van der Waals surface area contributed by atoms with Crippen molar-refractivity contribution < 1.29 is 19.4 Å². The second-order valence-electron chi connectivity index (χ2n) is 4.21. The number of carbonyl (C=O) groups excluding carboxylic acids is 1. The van der Waals surface area contributed by atoms with Crippen molar-refractivity contribution in [2.45, 2.75) is 19.3 Å². The van der Waals surface area contributed by atoms with Crippen LogP contribution in [-0.2, 0) is 9.59 Å². The number of benzene rings is 1. The summed E-state index contributed by atoms with van der Waals surface area (Å²) in [6, 6.07) is 5.07. The first-order valence-corrected chi connectivity index (χ1v) is 5.32. The highest BCUT2D eigenvalue weighted by Gasteiger charge is 2.36. The third kappa shape index (κ3) is 2.08. The number of hydrogen-bond acceptors (Lipinski definition) is 4. The van der Waals surface area contributed by atoms with E-state index >= 15 is 0 Å². The molecule has 0 fully saturated rings. The number of esters is 1. The maximum Gasteiger partial charge on any atom is 0.315 e. The van der Waals surface area contributed by atoms with E-state index < -0.39 is 17.9 Å². The molecule has 2 rings (SSSR count). The summed E-state index contributed by atoms with van der Waals surface area (Å²) >= 11 is 0. The van der Waals surface area contributed by atoms with Crippen LogP contribution in [0.5, 0.6) is 5.75 Å². The summed E-state index contributed by atoms with van der Waals surface area (Å²) in [4.78, 5) is 22.4. The highest BCUT2D eigenvalue weighted by Crippen LogP contribution is 2.39. The van der Waals surface area contributed by atoms with Crippen LogP contribution in [0, 0.1) is 5.92 Å². The van der Waals surface area contributed by atoms with Crippen molar-refractivity contribution in [2.24, 2.45) is 5.92 Å². The number of aliphatic carboxylic acids is 1. The number of nitrogen functional groups attached to an aromatic ring is 1. The van der Waals surface area contributed by atoms with Gasteiger partial charge < -0.3 is 15.6 Å². The molecule has 3 N–H and O–H groups in total. The number of ether oxygens (including phenoxy) is 1. The third-order valence-corrected chi connectivity index (χ3v) is 3.04. The maximum atomic E-state index is 11.7. The van der Waals surface area contributed by atoms with Crippen molar-refractivity contribution in [3.8, 4) is 5.75 Å². The molecule has 1 aliphatic heterocycles. The Kier molecular flexibility index (Phi) is 2.75. The number of carbonyl (C=O) groups is 2. The van der Waals surface area contributed by atoms with Gasteiger partial charge in [0, 0.05) is 11.8 Å². The number of nitrogens with two attached hydrogens (primary N) is 1. The maximum absolute atomic E-state index is 11.7. The molecular formula is C12H13NO4. The Morgan fingerprint density at radius 2 is 2.24 bits per heavy atom. The molecule has 0 spiro atoms. The Bertz CT molecular complexity index is 483. The first-order valence-electron chi connectivity index (χ1n) is 5.32. The molecule has 0 aliphatic carbocycles. The topological polar surface area (TPSA) is 89.6 Å². The molecule has 0 aromatic heterocycles. The minimum Gasteiger partial charge on any atom is -0.481 e. The van der Waals surface area contributed by atoms with E-state index in [0.717, 1.165) is 5.56 Å². The zero-order valence-corrected chi connectivity index (χ0v) is 9.34. The van der Waals surface area contributed by atoms with Crippen molar-refractivity contribution in [1.29, 1.82) is 0 Å². The van der Waals surface area contributed by atoms with Crippen molar-refractivity contribution in [3.05, 3.63) is 23.8 Å². The summed E-state index contributed by atoms with van der Waals surface area (Å²) in [5, 5.41) is 8.77. The van der Waals surface area contributed by atoms with E-state index in [0.29, 0.717) is 11.4 Å². The van der Waals surface area contributed by atoms with Gasteiger partial charge >= 0.3 is 11.9 Å². The number of hydrogen-bond donors (Lipinski definition) is 2. The van der Waals surface area contributed by atoms with Gasteiger partial charge in [-0.15, -0.1) is 0 Å². The van der Waals surface area contributed by atoms with Crippen LogP contribution in [-0.4, -0.2) is 17.0 Å². The van der Waals surface area contributed by atoms with Crippen LogP contribution < -0.4 is 10.5 Å². The quantitative estimate of drug-likeness (QED) is 0.459. The lowest BCUT2D eigenvalue weighted by atomic mass is 9.83. The molecule has 5 heteroatoms. The Morgan fingerprint density at radius 1 is 1.53 bits per heavy atom. The van der Waals surface area contributed by atoms with Gasteiger partial charge in [-0.25, -0.2) is 0 Å². The SMILES string of the molecule is CC1c2ccc(N)cc2OC(=O)C1CC(=O)O. The molecule has 1 aromatic rings. The summed E-state index contributed by atoms with van der Waals surface area (Å²) in [6.07, 6.45) is -0.218. The van der Waals surface area contributed by atoms with E-state index in [1.165, 1.54) is 0 Å². The normalized spacial score (nSPS) is 22.8. The summed E-state index contributed by atoms with van der Waals surface area (Å²) in [5.41, 5.74) is 6.94. The minimum absolute atomic E-state index is 0.178. The fraction of sp³-hybridized carbons (Fsp3) is 0.333. The molecule has 0 radical (unpaired) electrons. The number of rotatable bonds is 2. The van der Waals surface area contributed by atoms with Gasteiger partial charge in [0.2, 0.25) is 0 Å². The van der Waals surface area contributed by atoms with Crippen LogP contribution in [0.15, 0.2) is 18.2 Å². The van der Waals surface area contributed by atoms with Gasteiger partial charge in [-0.3, -0.25) is 9.59 Å². The van der Waals surface area contributed by atoms with Crippen LogP contribution >= 0.6 is 0 Å². The molecule has 1 aromatic carbocycles. The Labute approximate surface area is 98.2 Å². The van der Waals surface area contributed by atoms with Crippen LogP contribution in [0.25, 0.3) is 0 Å². The average molecular weight is 235 g/mol. The molecular weight excluding hydrogens is 222 g/mol. The van der Waals surface area contributed by atoms with Crippen molar-refractivity contribution in [1.82, 2.24) is 0 Å². The van der Waals surface area contributed by atoms with E-state index in [1.807, 2.05) is 6.92 Å². The molecule has 1 heterocycles. The molecule has 0 bridgehead atoms. The monoisotopic (exact) mass is 235 g/mol. The molecule has 0 saturated carbocycles. The summed E-state index contributed by atoms with van der Waals surface area (Å²) < 4.78 is 5.11. The van der Waals surface area contributed by atoms with Crippen LogP contribution in [0.3, 0.4) is 0 Å². The molecule has 5 nitrogen and oxygen atoms in total. The smallest absolute Gasteiger partial charge is 0.315 e. The first kappa shape index (κ1) is 11.4. The van der Waals surface area contributed by atoms with E-state index in [1.54, 1.807) is 18.2 Å². The van der Waals surface area contributed by atoms with Gasteiger partial charge in [0.1, 0.15) is 5.75 Å². The zero-order valence-electron chi connectivity index (χ0n) is 9.34. The predicted molar refractivity (Wildman–Crippen MR) is 60.6 cm³/mol. The molecule has 2 atom stereocenters. The summed E-state index contributed by atoms with van der Waals surface area (Å²) in [6.45, 7) is 1.82. The highest BCUT2D eigenvalue weighted by molar-refractivity contribution is 5.84. The van der Waals surface area contributed by atoms with Crippen LogP contribution in [0.4, 0.5) is 5.69 Å². The third-order valence-electron chi connectivity index (χ3n) is 3.04. The molecule has 0 amide bonds. The largest absolute Gasteiger partial charge is 0.481 e. The number of anilines is 1. The van der Waals surface area contributed by atoms with E-state index in [-0.39, 0.29) is 12.3 Å². The fourth-order valence-electron chi connectivity index (χ4n) is 2.07. The number of fused-ring (bicyclic) bond motifs is 1. The molecule has 17 heavy (non-hydrogen) atoms. The lowest BCUT2D eigenvalue weighted by Gasteiger charge is -2.28. The minimum atomic E-state index is -1.00. The molecule has 2 unspecified atom stereocenters. The fourth-order valence-corrected chi connectivity index (χ4v) is 2.07. The first-order chi connectivity index (χ1) is 7.99. The summed E-state index contributed by atoms with van der Waals surface area (Å²) in [5.74, 6) is -1.88. The lowest BCUT2D eigenvalue weighted by Crippen LogP contribution is -2.32. The number of carboxylic acid groups (broad SMARTS) is 1. The van der Waals surface area contributed by atoms with Gasteiger partial charge in [0.25, 0.3) is 0 Å². The Balaban J connectivity index is 2.36. The van der Waals surface area contributed by atoms with Crippen LogP contribution in [0.2, 0.25) is 0 Å². The molecule has 1 aliphatic rings. The van der Waals surface area contributed by atoms with Crippen molar-refractivity contribution in [3.63, 3.8) is 0 Å². The summed E-state index contributed by atoms with van der Waals surface area (Å²) in [7, 11) is 0. The predicted octanol–water partition coefficient (Wildman–Crippen LogP) is 1.38. The van der Waals surface area contributed by atoms with Gasteiger partial charge in [-0.2, -0.15) is 0 Å². The van der Waals surface area contributed by atoms with E-state index in [4.69, 9.17) is 15.6 Å². The van der Waals surface area contributed by atoms with Gasteiger partial charge in [0.05, 0.1) is 12.3 Å². The second kappa shape index (κ2) is 4.08. The Morgan fingerprint density at radius 3 is 2.88 bits per heavy atom. The Hall–Kier alpha value is -2.04. The molecule has 90 valence electrons. The average Bonchev–Trinajstić information content (AvgIpc) is 2.23. The van der Waals surface area contributed by atoms with Gasteiger partial charge in [-0.05, 0) is 17.5 Å². The highest BCUT2D eigenvalue weighted by atomic mass is 16.5. The van der Waals surface area contributed by atoms with Crippen molar-refractivity contribution >= 4 is 17.6 Å². The second-order valence-corrected chi connectivity index (χ2v) is 4.21. The lowest BCUT2D eigenvalue weighted by molar-refractivity contribution is -0.148. The van der Waals surface area contributed by atoms with E-state index in [9.17, 15) is 9.59 Å². The van der Waals surface area contributed by atoms with Gasteiger partial charge in [0.15, 0.2) is 0 Å². The number of carboxylic acids is 1.